The summed E-state index contributed by atoms with van der Waals surface area (Å²) in [7, 11) is 0. The Morgan fingerprint density at radius 2 is 1.80 bits per heavy atom. The van der Waals surface area contributed by atoms with E-state index in [4.69, 9.17) is 23.2 Å². The number of alkyl halides is 3. The number of hydrogen-bond donors (Lipinski definition) is 2. The van der Waals surface area contributed by atoms with Crippen molar-refractivity contribution in [3.63, 3.8) is 0 Å². The van der Waals surface area contributed by atoms with Crippen LogP contribution in [0.3, 0.4) is 0 Å². The molecule has 5 nitrogen and oxygen atoms in total. The molecule has 1 rings (SSSR count). The fourth-order valence-corrected chi connectivity index (χ4v) is 2.25. The minimum Gasteiger partial charge on any atom is -0.481 e. The van der Waals surface area contributed by atoms with Gasteiger partial charge in [-0.3, -0.25) is 9.59 Å². The quantitative estimate of drug-likeness (QED) is 0.725. The average molecular weight is 401 g/mol. The fourth-order valence-electron chi connectivity index (χ4n) is 1.66. The Morgan fingerprint density at radius 1 is 1.24 bits per heavy atom. The van der Waals surface area contributed by atoms with E-state index in [1.165, 1.54) is 12.1 Å². The van der Waals surface area contributed by atoms with Crippen LogP contribution in [-0.4, -0.2) is 31.1 Å². The number of nitrogens with one attached hydrogen (secondary N) is 2. The van der Waals surface area contributed by atoms with Crippen LogP contribution >= 0.6 is 23.2 Å². The van der Waals surface area contributed by atoms with Crippen LogP contribution in [0.1, 0.15) is 20.3 Å². The second-order valence-corrected chi connectivity index (χ2v) is 6.06. The molecule has 2 N–H and O–H groups in total. The van der Waals surface area contributed by atoms with Crippen molar-refractivity contribution in [2.75, 3.05) is 18.5 Å². The molecule has 0 spiro atoms. The lowest BCUT2D eigenvalue weighted by molar-refractivity contribution is -0.153. The van der Waals surface area contributed by atoms with Gasteiger partial charge < -0.3 is 15.4 Å². The maximum absolute atomic E-state index is 12.2. The number of benzene rings is 1. The molecule has 0 saturated carbocycles. The number of ether oxygens (including phenoxy) is 1. The molecule has 0 radical (unpaired) electrons. The normalized spacial score (nSPS) is 12.4. The highest BCUT2D eigenvalue weighted by atomic mass is 35.5. The third-order valence-corrected chi connectivity index (χ3v) is 3.71. The lowest BCUT2D eigenvalue weighted by Crippen LogP contribution is -2.35. The van der Waals surface area contributed by atoms with Gasteiger partial charge in [0.1, 0.15) is 0 Å². The van der Waals surface area contributed by atoms with Gasteiger partial charge in [-0.2, -0.15) is 13.2 Å². The van der Waals surface area contributed by atoms with Gasteiger partial charge in [-0.15, -0.1) is 0 Å². The summed E-state index contributed by atoms with van der Waals surface area (Å²) in [5.41, 5.74) is 0.164. The van der Waals surface area contributed by atoms with Gasteiger partial charge in [0.15, 0.2) is 12.4 Å². The van der Waals surface area contributed by atoms with Crippen LogP contribution in [0, 0.1) is 5.92 Å². The van der Waals surface area contributed by atoms with Gasteiger partial charge in [0.2, 0.25) is 11.8 Å². The van der Waals surface area contributed by atoms with Crippen LogP contribution in [0.4, 0.5) is 18.9 Å². The molecule has 0 saturated heterocycles. The van der Waals surface area contributed by atoms with Crippen molar-refractivity contribution < 1.29 is 27.5 Å². The number of hydrogen-bond acceptors (Lipinski definition) is 3. The van der Waals surface area contributed by atoms with E-state index in [0.717, 1.165) is 0 Å². The van der Waals surface area contributed by atoms with E-state index in [9.17, 15) is 22.8 Å². The Morgan fingerprint density at radius 3 is 2.28 bits per heavy atom. The van der Waals surface area contributed by atoms with Crippen molar-refractivity contribution in [3.8, 4) is 5.75 Å². The van der Waals surface area contributed by atoms with Gasteiger partial charge >= 0.3 is 6.18 Å². The molecule has 10 heteroatoms. The molecule has 0 fully saturated rings. The van der Waals surface area contributed by atoms with Crippen molar-refractivity contribution >= 4 is 40.7 Å². The minimum absolute atomic E-state index is 0.164. The van der Waals surface area contributed by atoms with Crippen LogP contribution < -0.4 is 15.4 Å². The van der Waals surface area contributed by atoms with E-state index >= 15 is 0 Å². The first-order valence-corrected chi connectivity index (χ1v) is 8.05. The predicted octanol–water partition coefficient (Wildman–Crippen LogP) is 4.04. The third kappa shape index (κ3) is 7.39. The summed E-state index contributed by atoms with van der Waals surface area (Å²) < 4.78 is 41.1. The Hall–Kier alpha value is -1.67. The Balaban J connectivity index is 2.68. The molecular weight excluding hydrogens is 384 g/mol. The van der Waals surface area contributed by atoms with E-state index in [-0.39, 0.29) is 39.9 Å². The topological polar surface area (TPSA) is 67.4 Å². The molecule has 1 aromatic carbocycles. The molecular formula is C15H17Cl2F3N2O3. The molecule has 25 heavy (non-hydrogen) atoms. The molecule has 0 aliphatic heterocycles. The summed E-state index contributed by atoms with van der Waals surface area (Å²) in [5.74, 6) is -1.34. The van der Waals surface area contributed by atoms with Crippen molar-refractivity contribution in [2.24, 2.45) is 5.92 Å². The third-order valence-electron chi connectivity index (χ3n) is 3.15. The minimum atomic E-state index is -4.53. The Bertz CT molecular complexity index is 616. The smallest absolute Gasteiger partial charge is 0.422 e. The molecule has 140 valence electrons. The zero-order chi connectivity index (χ0) is 19.2. The van der Waals surface area contributed by atoms with E-state index in [0.29, 0.717) is 6.42 Å². The molecule has 0 unspecified atom stereocenters. The van der Waals surface area contributed by atoms with Crippen LogP contribution in [0.15, 0.2) is 12.1 Å². The van der Waals surface area contributed by atoms with E-state index in [1.54, 1.807) is 6.92 Å². The average Bonchev–Trinajstić information content (AvgIpc) is 2.49. The van der Waals surface area contributed by atoms with Gasteiger partial charge in [-0.05, 0) is 18.6 Å². The Labute approximate surface area is 152 Å². The summed E-state index contributed by atoms with van der Waals surface area (Å²) in [4.78, 5) is 23.4. The first-order chi connectivity index (χ1) is 11.5. The zero-order valence-electron chi connectivity index (χ0n) is 13.5. The highest BCUT2D eigenvalue weighted by molar-refractivity contribution is 6.37. The highest BCUT2D eigenvalue weighted by Gasteiger charge is 2.29. The first kappa shape index (κ1) is 21.4. The monoisotopic (exact) mass is 400 g/mol. The number of anilines is 1. The predicted molar refractivity (Wildman–Crippen MR) is 89.1 cm³/mol. The van der Waals surface area contributed by atoms with Crippen molar-refractivity contribution in [1.29, 1.82) is 0 Å². The maximum atomic E-state index is 12.2. The number of carbonyl (C=O) groups excluding carboxylic acids is 2. The number of carbonyl (C=O) groups is 2. The molecule has 0 aromatic heterocycles. The summed E-state index contributed by atoms with van der Waals surface area (Å²) >= 11 is 11.7. The molecule has 0 aliphatic rings. The van der Waals surface area contributed by atoms with E-state index in [1.807, 2.05) is 6.92 Å². The second-order valence-electron chi connectivity index (χ2n) is 5.25. The van der Waals surface area contributed by atoms with Crippen LogP contribution in [0.25, 0.3) is 0 Å². The van der Waals surface area contributed by atoms with Gasteiger partial charge in [-0.1, -0.05) is 37.0 Å². The molecule has 0 bridgehead atoms. The number of rotatable bonds is 7. The first-order valence-electron chi connectivity index (χ1n) is 7.29. The number of amides is 2. The summed E-state index contributed by atoms with van der Waals surface area (Å²) in [6.45, 7) is 1.77. The zero-order valence-corrected chi connectivity index (χ0v) is 15.0. The van der Waals surface area contributed by atoms with E-state index in [2.05, 4.69) is 15.4 Å². The Kier molecular flexibility index (Phi) is 7.82. The largest absolute Gasteiger partial charge is 0.481 e. The van der Waals surface area contributed by atoms with Crippen LogP contribution in [0.5, 0.6) is 5.75 Å². The summed E-state index contributed by atoms with van der Waals surface area (Å²) in [6.07, 6.45) is -3.90. The van der Waals surface area contributed by atoms with Crippen LogP contribution in [0.2, 0.25) is 10.0 Å². The van der Waals surface area contributed by atoms with Crippen LogP contribution in [-0.2, 0) is 9.59 Å². The molecule has 0 heterocycles. The number of halogens is 5. The lowest BCUT2D eigenvalue weighted by Gasteiger charge is -2.14. The van der Waals surface area contributed by atoms with Crippen molar-refractivity contribution in [2.45, 2.75) is 26.4 Å². The maximum Gasteiger partial charge on any atom is 0.422 e. The SMILES string of the molecule is CC[C@@H](C)C(=O)NCC(=O)Nc1cc(Cl)c(OCC(F)(F)F)c(Cl)c1. The fraction of sp³-hybridized carbons (Fsp3) is 0.467. The standard InChI is InChI=1S/C15H17Cl2F3N2O3/c1-3-8(2)14(24)21-6-12(23)22-9-4-10(16)13(11(17)5-9)25-7-15(18,19)20/h4-5,8H,3,6-7H2,1-2H3,(H,21,24)(H,22,23)/t8-/m1/s1. The van der Waals surface area contributed by atoms with Gasteiger partial charge in [0, 0.05) is 11.6 Å². The van der Waals surface area contributed by atoms with Gasteiger partial charge in [0.25, 0.3) is 0 Å². The lowest BCUT2D eigenvalue weighted by atomic mass is 10.1. The second kappa shape index (κ2) is 9.15. The van der Waals surface area contributed by atoms with Gasteiger partial charge in [0.05, 0.1) is 16.6 Å². The highest BCUT2D eigenvalue weighted by Crippen LogP contribution is 2.36. The molecule has 0 aliphatic carbocycles. The molecule has 2 amide bonds. The summed E-state index contributed by atoms with van der Waals surface area (Å²) in [6, 6.07) is 2.40. The van der Waals surface area contributed by atoms with Crippen molar-refractivity contribution in [3.05, 3.63) is 22.2 Å². The molecule has 1 atom stereocenters. The van der Waals surface area contributed by atoms with Crippen molar-refractivity contribution in [1.82, 2.24) is 5.32 Å². The van der Waals surface area contributed by atoms with Gasteiger partial charge in [-0.25, -0.2) is 0 Å². The summed E-state index contributed by atoms with van der Waals surface area (Å²) in [5, 5.41) is 4.53. The van der Waals surface area contributed by atoms with E-state index < -0.39 is 18.7 Å². The molecule has 1 aromatic rings.